The summed E-state index contributed by atoms with van der Waals surface area (Å²) < 4.78 is 9.78. The lowest BCUT2D eigenvalue weighted by Crippen LogP contribution is -2.37. The molecule has 1 saturated carbocycles. The Morgan fingerprint density at radius 3 is 2.50 bits per heavy atom. The Labute approximate surface area is 97.9 Å². The molecule has 1 rings (SSSR count). The Hall–Kier alpha value is -0.610. The summed E-state index contributed by atoms with van der Waals surface area (Å²) in [5, 5.41) is 0. The van der Waals surface area contributed by atoms with Gasteiger partial charge in [-0.2, -0.15) is 0 Å². The summed E-state index contributed by atoms with van der Waals surface area (Å²) in [6.07, 6.45) is 5.62. The van der Waals surface area contributed by atoms with Gasteiger partial charge in [0.2, 0.25) is 0 Å². The van der Waals surface area contributed by atoms with E-state index in [4.69, 9.17) is 4.74 Å². The predicted molar refractivity (Wildman–Crippen MR) is 62.3 cm³/mol. The Bertz CT molecular complexity index is 202. The van der Waals surface area contributed by atoms with Crippen molar-refractivity contribution < 1.29 is 14.3 Å². The predicted octanol–water partition coefficient (Wildman–Crippen LogP) is 1.44. The number of carbonyl (C=O) groups is 1. The average molecular weight is 229 g/mol. The zero-order chi connectivity index (χ0) is 11.8. The SMILES string of the molecule is COCCN(CCC(=O)OC)C1CCCC1. The molecule has 94 valence electrons. The Morgan fingerprint density at radius 1 is 1.25 bits per heavy atom. The molecule has 0 aromatic carbocycles. The summed E-state index contributed by atoms with van der Waals surface area (Å²) in [4.78, 5) is 13.5. The molecule has 4 nitrogen and oxygen atoms in total. The summed E-state index contributed by atoms with van der Waals surface area (Å²) in [5.41, 5.74) is 0. The van der Waals surface area contributed by atoms with Gasteiger partial charge in [-0.05, 0) is 12.8 Å². The summed E-state index contributed by atoms with van der Waals surface area (Å²) in [5.74, 6) is -0.125. The molecule has 0 saturated heterocycles. The van der Waals surface area contributed by atoms with Crippen LogP contribution in [-0.2, 0) is 14.3 Å². The van der Waals surface area contributed by atoms with Gasteiger partial charge in [0, 0.05) is 26.2 Å². The minimum absolute atomic E-state index is 0.125. The Kier molecular flexibility index (Phi) is 6.42. The van der Waals surface area contributed by atoms with Crippen LogP contribution in [0, 0.1) is 0 Å². The average Bonchev–Trinajstić information content (AvgIpc) is 2.82. The van der Waals surface area contributed by atoms with Gasteiger partial charge in [0.05, 0.1) is 20.1 Å². The van der Waals surface area contributed by atoms with Crippen molar-refractivity contribution in [3.05, 3.63) is 0 Å². The van der Waals surface area contributed by atoms with E-state index in [0.717, 1.165) is 19.7 Å². The van der Waals surface area contributed by atoms with E-state index < -0.39 is 0 Å². The van der Waals surface area contributed by atoms with Crippen molar-refractivity contribution >= 4 is 5.97 Å². The van der Waals surface area contributed by atoms with Gasteiger partial charge >= 0.3 is 5.97 Å². The van der Waals surface area contributed by atoms with Crippen LogP contribution in [0.2, 0.25) is 0 Å². The summed E-state index contributed by atoms with van der Waals surface area (Å²) in [7, 11) is 3.16. The standard InChI is InChI=1S/C12H23NO3/c1-15-10-9-13(8-7-12(14)16-2)11-5-3-4-6-11/h11H,3-10H2,1-2H3. The molecule has 16 heavy (non-hydrogen) atoms. The van der Waals surface area contributed by atoms with Crippen LogP contribution < -0.4 is 0 Å². The Balaban J connectivity index is 2.33. The molecule has 4 heteroatoms. The van der Waals surface area contributed by atoms with Crippen LogP contribution in [0.1, 0.15) is 32.1 Å². The highest BCUT2D eigenvalue weighted by Crippen LogP contribution is 2.23. The van der Waals surface area contributed by atoms with Crippen molar-refractivity contribution in [1.29, 1.82) is 0 Å². The topological polar surface area (TPSA) is 38.8 Å². The van der Waals surface area contributed by atoms with Crippen LogP contribution in [-0.4, -0.2) is 50.8 Å². The van der Waals surface area contributed by atoms with Crippen molar-refractivity contribution in [2.75, 3.05) is 33.9 Å². The van der Waals surface area contributed by atoms with Crippen LogP contribution >= 0.6 is 0 Å². The fourth-order valence-electron chi connectivity index (χ4n) is 2.29. The lowest BCUT2D eigenvalue weighted by molar-refractivity contribution is -0.141. The number of hydrogen-bond acceptors (Lipinski definition) is 4. The van der Waals surface area contributed by atoms with Crippen molar-refractivity contribution in [2.24, 2.45) is 0 Å². The van der Waals surface area contributed by atoms with Gasteiger partial charge in [-0.25, -0.2) is 0 Å². The van der Waals surface area contributed by atoms with Gasteiger partial charge in [0.1, 0.15) is 0 Å². The first-order valence-corrected chi connectivity index (χ1v) is 6.07. The second kappa shape index (κ2) is 7.63. The molecule has 1 aliphatic rings. The van der Waals surface area contributed by atoms with E-state index in [9.17, 15) is 4.79 Å². The van der Waals surface area contributed by atoms with Gasteiger partial charge < -0.3 is 9.47 Å². The van der Waals surface area contributed by atoms with Crippen molar-refractivity contribution in [2.45, 2.75) is 38.1 Å². The Morgan fingerprint density at radius 2 is 1.94 bits per heavy atom. The maximum atomic E-state index is 11.1. The second-order valence-electron chi connectivity index (χ2n) is 4.29. The lowest BCUT2D eigenvalue weighted by atomic mass is 10.2. The maximum absolute atomic E-state index is 11.1. The molecular formula is C12H23NO3. The van der Waals surface area contributed by atoms with Crippen molar-refractivity contribution in [3.8, 4) is 0 Å². The van der Waals surface area contributed by atoms with Crippen LogP contribution in [0.4, 0.5) is 0 Å². The summed E-state index contributed by atoms with van der Waals surface area (Å²) in [6.45, 7) is 2.44. The van der Waals surface area contributed by atoms with Gasteiger partial charge in [-0.1, -0.05) is 12.8 Å². The lowest BCUT2D eigenvalue weighted by Gasteiger charge is -2.28. The smallest absolute Gasteiger partial charge is 0.306 e. The van der Waals surface area contributed by atoms with Gasteiger partial charge in [0.25, 0.3) is 0 Å². The number of ether oxygens (including phenoxy) is 2. The normalized spacial score (nSPS) is 16.9. The van der Waals surface area contributed by atoms with Crippen molar-refractivity contribution in [3.63, 3.8) is 0 Å². The van der Waals surface area contributed by atoms with E-state index in [0.29, 0.717) is 12.5 Å². The third-order valence-electron chi connectivity index (χ3n) is 3.25. The monoisotopic (exact) mass is 229 g/mol. The van der Waals surface area contributed by atoms with Crippen LogP contribution in [0.5, 0.6) is 0 Å². The molecule has 0 unspecified atom stereocenters. The number of hydrogen-bond donors (Lipinski definition) is 0. The molecule has 0 bridgehead atoms. The molecule has 0 atom stereocenters. The summed E-state index contributed by atoms with van der Waals surface area (Å²) in [6, 6.07) is 0.639. The molecule has 0 heterocycles. The molecule has 0 aliphatic heterocycles. The zero-order valence-electron chi connectivity index (χ0n) is 10.4. The first-order chi connectivity index (χ1) is 7.77. The maximum Gasteiger partial charge on any atom is 0.306 e. The number of esters is 1. The van der Waals surface area contributed by atoms with Crippen LogP contribution in [0.25, 0.3) is 0 Å². The van der Waals surface area contributed by atoms with E-state index in [1.54, 1.807) is 7.11 Å². The fraction of sp³-hybridized carbons (Fsp3) is 0.917. The van der Waals surface area contributed by atoms with Gasteiger partial charge in [0.15, 0.2) is 0 Å². The van der Waals surface area contributed by atoms with Crippen molar-refractivity contribution in [1.82, 2.24) is 4.90 Å². The van der Waals surface area contributed by atoms with E-state index in [2.05, 4.69) is 9.64 Å². The highest BCUT2D eigenvalue weighted by atomic mass is 16.5. The minimum atomic E-state index is -0.125. The quantitative estimate of drug-likeness (QED) is 0.619. The van der Waals surface area contributed by atoms with E-state index in [-0.39, 0.29) is 5.97 Å². The largest absolute Gasteiger partial charge is 0.469 e. The van der Waals surface area contributed by atoms with Crippen LogP contribution in [0.15, 0.2) is 0 Å². The molecular weight excluding hydrogens is 206 g/mol. The highest BCUT2D eigenvalue weighted by Gasteiger charge is 2.22. The molecule has 0 aromatic heterocycles. The molecule has 0 spiro atoms. The second-order valence-corrected chi connectivity index (χ2v) is 4.29. The zero-order valence-corrected chi connectivity index (χ0v) is 10.4. The van der Waals surface area contributed by atoms with E-state index >= 15 is 0 Å². The van der Waals surface area contributed by atoms with E-state index in [1.807, 2.05) is 0 Å². The first-order valence-electron chi connectivity index (χ1n) is 6.07. The van der Waals surface area contributed by atoms with Gasteiger partial charge in [-0.15, -0.1) is 0 Å². The molecule has 1 fully saturated rings. The number of nitrogens with zero attached hydrogens (tertiary/aromatic N) is 1. The number of carbonyl (C=O) groups excluding carboxylic acids is 1. The minimum Gasteiger partial charge on any atom is -0.469 e. The van der Waals surface area contributed by atoms with E-state index in [1.165, 1.54) is 32.8 Å². The molecule has 1 aliphatic carbocycles. The third-order valence-corrected chi connectivity index (χ3v) is 3.25. The summed E-state index contributed by atoms with van der Waals surface area (Å²) >= 11 is 0. The number of rotatable bonds is 7. The van der Waals surface area contributed by atoms with Crippen LogP contribution in [0.3, 0.4) is 0 Å². The third kappa shape index (κ3) is 4.49. The fourth-order valence-corrected chi connectivity index (χ4v) is 2.29. The molecule has 0 N–H and O–H groups in total. The molecule has 0 amide bonds. The first kappa shape index (κ1) is 13.5. The molecule has 0 aromatic rings. The number of methoxy groups -OCH3 is 2. The highest BCUT2D eigenvalue weighted by molar-refractivity contribution is 5.69. The molecule has 0 radical (unpaired) electrons. The van der Waals surface area contributed by atoms with Gasteiger partial charge in [-0.3, -0.25) is 9.69 Å².